The lowest BCUT2D eigenvalue weighted by atomic mass is 10.2. The first kappa shape index (κ1) is 14.3. The molecule has 94 valence electrons. The van der Waals surface area contributed by atoms with Gasteiger partial charge in [0.2, 0.25) is 0 Å². The van der Waals surface area contributed by atoms with Gasteiger partial charge < -0.3 is 9.47 Å². The highest BCUT2D eigenvalue weighted by Crippen LogP contribution is 2.28. The molecule has 0 saturated heterocycles. The summed E-state index contributed by atoms with van der Waals surface area (Å²) in [5.74, 6) is 0.105. The van der Waals surface area contributed by atoms with Gasteiger partial charge in [0.15, 0.2) is 6.10 Å². The highest BCUT2D eigenvalue weighted by atomic mass is 79.9. The zero-order valence-electron chi connectivity index (χ0n) is 9.70. The van der Waals surface area contributed by atoms with E-state index in [9.17, 15) is 4.79 Å². The van der Waals surface area contributed by atoms with Crippen LogP contribution in [-0.2, 0) is 14.9 Å². The first-order valence-electron chi connectivity index (χ1n) is 5.21. The number of hydrogen-bond acceptors (Lipinski definition) is 3. The fraction of sp³-hybridized carbons (Fsp3) is 0.417. The zero-order valence-corrected chi connectivity index (χ0v) is 12.0. The Kier molecular flexibility index (Phi) is 5.78. The van der Waals surface area contributed by atoms with E-state index < -0.39 is 12.1 Å². The molecule has 0 aliphatic rings. The third-order valence-electron chi connectivity index (χ3n) is 2.25. The van der Waals surface area contributed by atoms with E-state index in [4.69, 9.17) is 16.3 Å². The van der Waals surface area contributed by atoms with Crippen molar-refractivity contribution in [2.45, 2.75) is 24.8 Å². The average Bonchev–Trinajstić information content (AvgIpc) is 2.36. The van der Waals surface area contributed by atoms with Crippen molar-refractivity contribution in [2.75, 3.05) is 7.11 Å². The summed E-state index contributed by atoms with van der Waals surface area (Å²) in [6.45, 7) is 1.85. The summed E-state index contributed by atoms with van der Waals surface area (Å²) in [7, 11) is 1.34. The van der Waals surface area contributed by atoms with E-state index in [1.165, 1.54) is 7.11 Å². The van der Waals surface area contributed by atoms with Gasteiger partial charge in [0.1, 0.15) is 5.75 Å². The Bertz CT molecular complexity index is 395. The number of benzene rings is 1. The predicted octanol–water partition coefficient (Wildman–Crippen LogP) is 3.57. The molecule has 3 nitrogen and oxygen atoms in total. The Morgan fingerprint density at radius 3 is 2.76 bits per heavy atom. The maximum absolute atomic E-state index is 11.4. The van der Waals surface area contributed by atoms with Crippen molar-refractivity contribution in [2.24, 2.45) is 0 Å². The Morgan fingerprint density at radius 1 is 1.53 bits per heavy atom. The first-order valence-corrected chi connectivity index (χ1v) is 6.71. The molecule has 0 aliphatic carbocycles. The van der Waals surface area contributed by atoms with Crippen LogP contribution < -0.4 is 4.74 Å². The minimum atomic E-state index is -0.622. The van der Waals surface area contributed by atoms with Gasteiger partial charge in [-0.1, -0.05) is 40.5 Å². The number of alkyl halides is 1. The fourth-order valence-corrected chi connectivity index (χ4v) is 1.81. The quantitative estimate of drug-likeness (QED) is 0.614. The number of hydrogen-bond donors (Lipinski definition) is 0. The lowest BCUT2D eigenvalue weighted by Crippen LogP contribution is -2.27. The zero-order chi connectivity index (χ0) is 12.8. The molecule has 1 atom stereocenters. The number of carbonyl (C=O) groups excluding carboxylic acids is 1. The van der Waals surface area contributed by atoms with Gasteiger partial charge in [0.25, 0.3) is 0 Å². The molecule has 0 aliphatic heterocycles. The van der Waals surface area contributed by atoms with E-state index in [-0.39, 0.29) is 0 Å². The molecular weight excluding hydrogens is 307 g/mol. The predicted molar refractivity (Wildman–Crippen MR) is 70.8 cm³/mol. The van der Waals surface area contributed by atoms with Crippen LogP contribution in [0.15, 0.2) is 18.2 Å². The molecule has 1 aromatic rings. The fourth-order valence-electron chi connectivity index (χ4n) is 1.30. The Hall–Kier alpha value is -0.740. The molecular formula is C12H14BrClO3. The molecule has 17 heavy (non-hydrogen) atoms. The molecule has 0 amide bonds. The molecule has 0 radical (unpaired) electrons. The Morgan fingerprint density at radius 2 is 2.24 bits per heavy atom. The normalized spacial score (nSPS) is 12.0. The van der Waals surface area contributed by atoms with Gasteiger partial charge in [-0.2, -0.15) is 0 Å². The van der Waals surface area contributed by atoms with Gasteiger partial charge in [-0.25, -0.2) is 4.79 Å². The van der Waals surface area contributed by atoms with Crippen LogP contribution in [0.1, 0.15) is 18.9 Å². The van der Waals surface area contributed by atoms with Gasteiger partial charge in [-0.05, 0) is 24.1 Å². The van der Waals surface area contributed by atoms with Crippen LogP contribution in [0, 0.1) is 0 Å². The summed E-state index contributed by atoms with van der Waals surface area (Å²) in [6.07, 6.45) is -0.0928. The number of halogens is 2. The van der Waals surface area contributed by atoms with Crippen molar-refractivity contribution in [1.29, 1.82) is 0 Å². The molecule has 0 heterocycles. The van der Waals surface area contributed by atoms with Gasteiger partial charge in [-0.15, -0.1) is 0 Å². The van der Waals surface area contributed by atoms with Crippen LogP contribution in [0.2, 0.25) is 5.02 Å². The highest BCUT2D eigenvalue weighted by molar-refractivity contribution is 9.08. The standard InChI is InChI=1S/C12H14BrClO3/c1-3-10(12(15)16-2)17-11-6-8(7-13)4-5-9(11)14/h4-6,10H,3,7H2,1-2H3. The molecule has 0 aromatic heterocycles. The minimum Gasteiger partial charge on any atom is -0.477 e. The summed E-state index contributed by atoms with van der Waals surface area (Å²) in [5.41, 5.74) is 1.03. The summed E-state index contributed by atoms with van der Waals surface area (Å²) in [4.78, 5) is 11.4. The third kappa shape index (κ3) is 3.89. The van der Waals surface area contributed by atoms with Crippen molar-refractivity contribution in [3.05, 3.63) is 28.8 Å². The number of methoxy groups -OCH3 is 1. The van der Waals surface area contributed by atoms with E-state index >= 15 is 0 Å². The van der Waals surface area contributed by atoms with Crippen LogP contribution in [0.4, 0.5) is 0 Å². The lowest BCUT2D eigenvalue weighted by Gasteiger charge is -2.16. The number of rotatable bonds is 5. The molecule has 0 spiro atoms. The van der Waals surface area contributed by atoms with Crippen molar-refractivity contribution < 1.29 is 14.3 Å². The third-order valence-corrected chi connectivity index (χ3v) is 3.21. The monoisotopic (exact) mass is 320 g/mol. The molecule has 0 bridgehead atoms. The van der Waals surface area contributed by atoms with Gasteiger partial charge in [-0.3, -0.25) is 0 Å². The van der Waals surface area contributed by atoms with Crippen molar-refractivity contribution in [3.63, 3.8) is 0 Å². The van der Waals surface area contributed by atoms with Crippen molar-refractivity contribution in [1.82, 2.24) is 0 Å². The van der Waals surface area contributed by atoms with E-state index in [2.05, 4.69) is 20.7 Å². The molecule has 1 aromatic carbocycles. The Balaban J connectivity index is 2.88. The number of esters is 1. The second kappa shape index (κ2) is 6.87. The van der Waals surface area contributed by atoms with E-state index in [1.54, 1.807) is 6.07 Å². The molecule has 0 fully saturated rings. The Labute approximate surface area is 114 Å². The maximum Gasteiger partial charge on any atom is 0.347 e. The lowest BCUT2D eigenvalue weighted by molar-refractivity contribution is -0.148. The molecule has 1 unspecified atom stereocenters. The molecule has 0 saturated carbocycles. The topological polar surface area (TPSA) is 35.5 Å². The van der Waals surface area contributed by atoms with Gasteiger partial charge >= 0.3 is 5.97 Å². The van der Waals surface area contributed by atoms with Crippen molar-refractivity contribution >= 4 is 33.5 Å². The second-order valence-corrected chi connectivity index (χ2v) is 4.40. The average molecular weight is 322 g/mol. The highest BCUT2D eigenvalue weighted by Gasteiger charge is 2.20. The minimum absolute atomic E-state index is 0.396. The van der Waals surface area contributed by atoms with Gasteiger partial charge in [0.05, 0.1) is 12.1 Å². The van der Waals surface area contributed by atoms with E-state index in [0.29, 0.717) is 22.5 Å². The first-order chi connectivity index (χ1) is 8.12. The van der Waals surface area contributed by atoms with E-state index in [1.807, 2.05) is 19.1 Å². The maximum atomic E-state index is 11.4. The molecule has 0 N–H and O–H groups in total. The van der Waals surface area contributed by atoms with Crippen LogP contribution in [-0.4, -0.2) is 19.2 Å². The summed E-state index contributed by atoms with van der Waals surface area (Å²) >= 11 is 9.36. The van der Waals surface area contributed by atoms with Crippen LogP contribution >= 0.6 is 27.5 Å². The summed E-state index contributed by atoms with van der Waals surface area (Å²) in [6, 6.07) is 5.45. The van der Waals surface area contributed by atoms with Crippen LogP contribution in [0.5, 0.6) is 5.75 Å². The van der Waals surface area contributed by atoms with Crippen LogP contribution in [0.3, 0.4) is 0 Å². The van der Waals surface area contributed by atoms with Crippen LogP contribution in [0.25, 0.3) is 0 Å². The van der Waals surface area contributed by atoms with Gasteiger partial charge in [0, 0.05) is 5.33 Å². The van der Waals surface area contributed by atoms with E-state index in [0.717, 1.165) is 5.56 Å². The molecule has 1 rings (SSSR count). The SMILES string of the molecule is CCC(Oc1cc(CBr)ccc1Cl)C(=O)OC. The molecule has 5 heteroatoms. The second-order valence-electron chi connectivity index (χ2n) is 3.44. The summed E-state index contributed by atoms with van der Waals surface area (Å²) in [5, 5.41) is 1.19. The summed E-state index contributed by atoms with van der Waals surface area (Å²) < 4.78 is 10.2. The number of carbonyl (C=O) groups is 1. The van der Waals surface area contributed by atoms with Crippen molar-refractivity contribution in [3.8, 4) is 5.75 Å². The largest absolute Gasteiger partial charge is 0.477 e. The number of ether oxygens (including phenoxy) is 2. The smallest absolute Gasteiger partial charge is 0.347 e.